The first kappa shape index (κ1) is 26.4. The number of carbonyl (C=O) groups is 1. The summed E-state index contributed by atoms with van der Waals surface area (Å²) in [6.45, 7) is -1.21. The van der Waals surface area contributed by atoms with Crippen LogP contribution >= 0.6 is 23.2 Å². The molecule has 1 amide bonds. The molecule has 0 unspecified atom stereocenters. The van der Waals surface area contributed by atoms with E-state index in [2.05, 4.69) is 10.5 Å². The second kappa shape index (κ2) is 11.5. The fourth-order valence-electron chi connectivity index (χ4n) is 3.02. The number of nitrogens with one attached hydrogen (secondary N) is 1. The summed E-state index contributed by atoms with van der Waals surface area (Å²) >= 11 is 11.9. The summed E-state index contributed by atoms with van der Waals surface area (Å²) in [7, 11) is -2.87. The number of amides is 1. The van der Waals surface area contributed by atoms with Gasteiger partial charge in [0.1, 0.15) is 5.82 Å². The number of hydrogen-bond acceptors (Lipinski definition) is 6. The van der Waals surface area contributed by atoms with E-state index in [9.17, 15) is 22.7 Å². The first-order chi connectivity index (χ1) is 16.6. The van der Waals surface area contributed by atoms with Crippen molar-refractivity contribution in [2.75, 3.05) is 13.7 Å². The average molecular weight is 540 g/mol. The summed E-state index contributed by atoms with van der Waals surface area (Å²) in [6.07, 6.45) is 1.17. The van der Waals surface area contributed by atoms with Gasteiger partial charge in [0.25, 0.3) is 5.91 Å². The van der Waals surface area contributed by atoms with E-state index in [0.717, 1.165) is 10.4 Å². The van der Waals surface area contributed by atoms with Gasteiger partial charge in [-0.1, -0.05) is 35.3 Å². The van der Waals surface area contributed by atoms with Crippen LogP contribution in [0.3, 0.4) is 0 Å². The number of aromatic hydroxyl groups is 1. The molecule has 8 nitrogen and oxygen atoms in total. The van der Waals surface area contributed by atoms with E-state index in [4.69, 9.17) is 27.9 Å². The number of benzene rings is 3. The third-order valence-corrected chi connectivity index (χ3v) is 7.22. The van der Waals surface area contributed by atoms with E-state index in [1.54, 1.807) is 12.1 Å². The molecule has 0 fully saturated rings. The molecule has 0 radical (unpaired) electrons. The van der Waals surface area contributed by atoms with Crippen LogP contribution in [0, 0.1) is 5.82 Å². The Morgan fingerprint density at radius 3 is 2.49 bits per heavy atom. The van der Waals surface area contributed by atoms with Gasteiger partial charge in [0.05, 0.1) is 24.8 Å². The molecule has 0 heterocycles. The number of rotatable bonds is 9. The van der Waals surface area contributed by atoms with Crippen molar-refractivity contribution in [1.29, 1.82) is 0 Å². The molecule has 0 aromatic heterocycles. The Kier molecular flexibility index (Phi) is 8.68. The molecule has 3 aromatic rings. The van der Waals surface area contributed by atoms with Crippen LogP contribution in [0.15, 0.2) is 70.7 Å². The standard InChI is InChI=1S/C23H20Cl2FN3O5S/c1-34-21-7-2-4-15(23(21)31)12-27-28-22(30)14-29(13-18-19(25)5-3-6-20(18)26)35(32,33)17-10-8-16(24)9-11-17/h2-12,31H,13-14H2,1H3,(H,28,30)/b27-12-. The summed E-state index contributed by atoms with van der Waals surface area (Å²) < 4.78 is 46.7. The quantitative estimate of drug-likeness (QED) is 0.313. The van der Waals surface area contributed by atoms with Gasteiger partial charge in [0.15, 0.2) is 11.5 Å². The van der Waals surface area contributed by atoms with Crippen molar-refractivity contribution in [3.05, 3.63) is 87.7 Å². The maximum atomic E-state index is 14.4. The van der Waals surface area contributed by atoms with E-state index < -0.39 is 34.8 Å². The minimum absolute atomic E-state index is 0.00763. The summed E-state index contributed by atoms with van der Waals surface area (Å²) in [4.78, 5) is 12.4. The molecule has 12 heteroatoms. The van der Waals surface area contributed by atoms with Crippen LogP contribution in [0.2, 0.25) is 10.0 Å². The number of sulfonamides is 1. The molecule has 3 aromatic carbocycles. The number of ether oxygens (including phenoxy) is 1. The van der Waals surface area contributed by atoms with Crippen LogP contribution in [-0.2, 0) is 21.4 Å². The third-order valence-electron chi connectivity index (χ3n) is 4.81. The second-order valence-electron chi connectivity index (χ2n) is 7.12. The molecule has 184 valence electrons. The SMILES string of the molecule is COc1cccc(/C=N\NC(=O)CN(Cc2c(F)cccc2Cl)S(=O)(=O)c2ccc(Cl)cc2)c1O. The smallest absolute Gasteiger partial charge is 0.255 e. The Morgan fingerprint density at radius 1 is 1.14 bits per heavy atom. The van der Waals surface area contributed by atoms with Gasteiger partial charge in [-0.15, -0.1) is 0 Å². The Labute approximate surface area is 211 Å². The molecule has 0 aliphatic heterocycles. The molecule has 0 bridgehead atoms. The Bertz CT molecular complexity index is 1330. The fourth-order valence-corrected chi connectivity index (χ4v) is 4.73. The number of methoxy groups -OCH3 is 1. The zero-order chi connectivity index (χ0) is 25.6. The normalized spacial score (nSPS) is 11.7. The molecular weight excluding hydrogens is 520 g/mol. The third kappa shape index (κ3) is 6.49. The summed E-state index contributed by atoms with van der Waals surface area (Å²) in [6, 6.07) is 13.9. The molecule has 0 aliphatic rings. The van der Waals surface area contributed by atoms with E-state index in [1.807, 2.05) is 0 Å². The van der Waals surface area contributed by atoms with Crippen LogP contribution in [0.1, 0.15) is 11.1 Å². The van der Waals surface area contributed by atoms with Gasteiger partial charge in [0, 0.05) is 27.7 Å². The van der Waals surface area contributed by atoms with Crippen molar-refractivity contribution < 1.29 is 27.4 Å². The van der Waals surface area contributed by atoms with E-state index in [1.165, 1.54) is 55.8 Å². The Hall–Kier alpha value is -3.18. The van der Waals surface area contributed by atoms with Gasteiger partial charge >= 0.3 is 0 Å². The van der Waals surface area contributed by atoms with Gasteiger partial charge < -0.3 is 9.84 Å². The number of para-hydroxylation sites is 1. The van der Waals surface area contributed by atoms with Gasteiger partial charge in [-0.25, -0.2) is 18.2 Å². The zero-order valence-corrected chi connectivity index (χ0v) is 20.6. The highest BCUT2D eigenvalue weighted by Gasteiger charge is 2.28. The van der Waals surface area contributed by atoms with Crippen molar-refractivity contribution in [3.8, 4) is 11.5 Å². The van der Waals surface area contributed by atoms with Crippen molar-refractivity contribution >= 4 is 45.3 Å². The molecule has 2 N–H and O–H groups in total. The van der Waals surface area contributed by atoms with Gasteiger partial charge in [-0.3, -0.25) is 4.79 Å². The molecule has 3 rings (SSSR count). The molecule has 0 atom stereocenters. The zero-order valence-electron chi connectivity index (χ0n) is 18.3. The van der Waals surface area contributed by atoms with Crippen molar-refractivity contribution in [3.63, 3.8) is 0 Å². The minimum Gasteiger partial charge on any atom is -0.504 e. The lowest BCUT2D eigenvalue weighted by atomic mass is 10.2. The maximum Gasteiger partial charge on any atom is 0.255 e. The van der Waals surface area contributed by atoms with Crippen molar-refractivity contribution in [2.45, 2.75) is 11.4 Å². The topological polar surface area (TPSA) is 108 Å². The number of phenols is 1. The lowest BCUT2D eigenvalue weighted by Gasteiger charge is -2.22. The molecule has 0 aliphatic carbocycles. The van der Waals surface area contributed by atoms with E-state index in [0.29, 0.717) is 5.02 Å². The number of phenolic OH excluding ortho intramolecular Hbond substituents is 1. The number of hydrazone groups is 1. The highest BCUT2D eigenvalue weighted by Crippen LogP contribution is 2.28. The van der Waals surface area contributed by atoms with Crippen LogP contribution in [0.5, 0.6) is 11.5 Å². The van der Waals surface area contributed by atoms with Crippen LogP contribution in [-0.4, -0.2) is 43.6 Å². The average Bonchev–Trinajstić information content (AvgIpc) is 2.82. The largest absolute Gasteiger partial charge is 0.504 e. The fraction of sp³-hybridized carbons (Fsp3) is 0.130. The van der Waals surface area contributed by atoms with Crippen LogP contribution < -0.4 is 10.2 Å². The van der Waals surface area contributed by atoms with Gasteiger partial charge in [-0.2, -0.15) is 9.41 Å². The number of hydrogen-bond donors (Lipinski definition) is 2. The maximum absolute atomic E-state index is 14.4. The summed E-state index contributed by atoms with van der Waals surface area (Å²) in [5.74, 6) is -1.51. The lowest BCUT2D eigenvalue weighted by Crippen LogP contribution is -2.39. The van der Waals surface area contributed by atoms with Gasteiger partial charge in [0.2, 0.25) is 10.0 Å². The Morgan fingerprint density at radius 2 is 1.83 bits per heavy atom. The first-order valence-electron chi connectivity index (χ1n) is 10.00. The van der Waals surface area contributed by atoms with Crippen LogP contribution in [0.4, 0.5) is 4.39 Å². The predicted octanol–water partition coefficient (Wildman–Crippen LogP) is 4.19. The van der Waals surface area contributed by atoms with E-state index >= 15 is 0 Å². The highest BCUT2D eigenvalue weighted by molar-refractivity contribution is 7.89. The van der Waals surface area contributed by atoms with E-state index in [-0.39, 0.29) is 32.5 Å². The second-order valence-corrected chi connectivity index (χ2v) is 9.90. The highest BCUT2D eigenvalue weighted by atomic mass is 35.5. The van der Waals surface area contributed by atoms with Crippen LogP contribution in [0.25, 0.3) is 0 Å². The minimum atomic E-state index is -4.26. The monoisotopic (exact) mass is 539 g/mol. The summed E-state index contributed by atoms with van der Waals surface area (Å²) in [5.41, 5.74) is 2.36. The molecule has 0 saturated heterocycles. The molecule has 0 saturated carbocycles. The summed E-state index contributed by atoms with van der Waals surface area (Å²) in [5, 5.41) is 14.2. The molecule has 0 spiro atoms. The van der Waals surface area contributed by atoms with Crippen molar-refractivity contribution in [1.82, 2.24) is 9.73 Å². The number of halogens is 3. The predicted molar refractivity (Wildman–Crippen MR) is 131 cm³/mol. The molecular formula is C23H20Cl2FN3O5S. The number of carbonyl (C=O) groups excluding carboxylic acids is 1. The lowest BCUT2D eigenvalue weighted by molar-refractivity contribution is -0.121. The van der Waals surface area contributed by atoms with Crippen molar-refractivity contribution in [2.24, 2.45) is 5.10 Å². The Balaban J connectivity index is 1.85. The first-order valence-corrected chi connectivity index (χ1v) is 12.2. The van der Waals surface area contributed by atoms with Gasteiger partial charge in [-0.05, 0) is 48.5 Å². The molecule has 35 heavy (non-hydrogen) atoms. The number of nitrogens with zero attached hydrogens (tertiary/aromatic N) is 2.